The van der Waals surface area contributed by atoms with Crippen molar-refractivity contribution in [3.05, 3.63) is 24.0 Å². The highest BCUT2D eigenvalue weighted by Gasteiger charge is 2.56. The molecule has 3 aliphatic rings. The molecule has 1 saturated carbocycles. The van der Waals surface area contributed by atoms with Crippen LogP contribution in [-0.4, -0.2) is 65.3 Å². The third-order valence-corrected chi connectivity index (χ3v) is 5.67. The van der Waals surface area contributed by atoms with E-state index in [1.165, 1.54) is 6.08 Å². The summed E-state index contributed by atoms with van der Waals surface area (Å²) in [5, 5.41) is 2.89. The Bertz CT molecular complexity index is 765. The molecule has 0 spiro atoms. The van der Waals surface area contributed by atoms with Crippen LogP contribution in [0.25, 0.3) is 6.08 Å². The smallest absolute Gasteiger partial charge is 0.410 e. The Labute approximate surface area is 163 Å². The molecule has 3 fully saturated rings. The number of hydrogen-bond acceptors (Lipinski definition) is 7. The van der Waals surface area contributed by atoms with Crippen LogP contribution in [0.4, 0.5) is 10.7 Å². The van der Waals surface area contributed by atoms with E-state index in [0.29, 0.717) is 37.5 Å². The summed E-state index contributed by atoms with van der Waals surface area (Å²) in [5.41, 5.74) is 5.68. The molecule has 1 aromatic rings. The van der Waals surface area contributed by atoms with E-state index in [1.807, 2.05) is 6.92 Å². The number of rotatable bonds is 6. The van der Waals surface area contributed by atoms with Crippen LogP contribution in [0.2, 0.25) is 0 Å². The maximum atomic E-state index is 12.2. The van der Waals surface area contributed by atoms with Crippen LogP contribution in [0.3, 0.4) is 0 Å². The standard InChI is InChI=1S/C19H25N5O4/c1-19(10-27-11-19)28-18(26)24-8-14-13(15(14)9-24)4-5-21-16(25)3-2-12-6-22-17(20)23-7-12/h2-3,6-7,13-15H,4-5,8-11H2,1H3,(H,21,25)(H2,20,22,23)/b3-2+. The first-order chi connectivity index (χ1) is 13.4. The summed E-state index contributed by atoms with van der Waals surface area (Å²) in [4.78, 5) is 33.6. The minimum Gasteiger partial charge on any atom is -0.438 e. The number of ether oxygens (including phenoxy) is 2. The number of nitrogens with zero attached hydrogens (tertiary/aromatic N) is 3. The Balaban J connectivity index is 1.13. The highest BCUT2D eigenvalue weighted by Crippen LogP contribution is 2.53. The third kappa shape index (κ3) is 4.09. The molecule has 2 atom stereocenters. The van der Waals surface area contributed by atoms with Gasteiger partial charge in [0.1, 0.15) is 0 Å². The molecule has 2 aliphatic heterocycles. The van der Waals surface area contributed by atoms with E-state index in [2.05, 4.69) is 15.3 Å². The van der Waals surface area contributed by atoms with Crippen LogP contribution >= 0.6 is 0 Å². The largest absolute Gasteiger partial charge is 0.438 e. The van der Waals surface area contributed by atoms with Gasteiger partial charge in [0.05, 0.1) is 13.2 Å². The van der Waals surface area contributed by atoms with E-state index >= 15 is 0 Å². The molecule has 3 heterocycles. The zero-order chi connectivity index (χ0) is 19.7. The monoisotopic (exact) mass is 387 g/mol. The normalized spacial score (nSPS) is 27.2. The topological polar surface area (TPSA) is 120 Å². The second-order valence-electron chi connectivity index (χ2n) is 7.99. The van der Waals surface area contributed by atoms with E-state index < -0.39 is 5.60 Å². The first-order valence-corrected chi connectivity index (χ1v) is 9.53. The van der Waals surface area contributed by atoms with Crippen LogP contribution in [0.5, 0.6) is 0 Å². The van der Waals surface area contributed by atoms with Gasteiger partial charge in [0.25, 0.3) is 0 Å². The third-order valence-electron chi connectivity index (χ3n) is 5.67. The van der Waals surface area contributed by atoms with Gasteiger partial charge in [0.2, 0.25) is 11.9 Å². The Morgan fingerprint density at radius 3 is 2.64 bits per heavy atom. The molecular formula is C19H25N5O4. The quantitative estimate of drug-likeness (QED) is 0.689. The molecule has 2 saturated heterocycles. The van der Waals surface area contributed by atoms with Gasteiger partial charge in [-0.15, -0.1) is 0 Å². The minimum atomic E-state index is -0.459. The molecule has 150 valence electrons. The number of fused-ring (bicyclic) bond motifs is 1. The van der Waals surface area contributed by atoms with Crippen LogP contribution in [0, 0.1) is 17.8 Å². The van der Waals surface area contributed by atoms with Crippen molar-refractivity contribution >= 4 is 24.0 Å². The predicted octanol–water partition coefficient (Wildman–Crippen LogP) is 0.682. The summed E-state index contributed by atoms with van der Waals surface area (Å²) >= 11 is 0. The number of likely N-dealkylation sites (tertiary alicyclic amines) is 1. The fraction of sp³-hybridized carbons (Fsp3) is 0.579. The number of amides is 2. The SMILES string of the molecule is CC1(OC(=O)N2CC3C(CCNC(=O)/C=C/c4cnc(N)nc4)C3C2)COC1. The number of nitrogens with one attached hydrogen (secondary N) is 1. The lowest BCUT2D eigenvalue weighted by Crippen LogP contribution is -2.52. The van der Waals surface area contributed by atoms with Gasteiger partial charge in [-0.05, 0) is 37.2 Å². The summed E-state index contributed by atoms with van der Waals surface area (Å²) in [6.07, 6.45) is 6.93. The lowest BCUT2D eigenvalue weighted by atomic mass is 10.1. The number of anilines is 1. The molecule has 9 nitrogen and oxygen atoms in total. The van der Waals surface area contributed by atoms with Crippen molar-refractivity contribution in [3.63, 3.8) is 0 Å². The molecule has 0 aromatic carbocycles. The van der Waals surface area contributed by atoms with Gasteiger partial charge in [-0.2, -0.15) is 0 Å². The second-order valence-corrected chi connectivity index (χ2v) is 7.99. The van der Waals surface area contributed by atoms with Crippen LogP contribution in [-0.2, 0) is 14.3 Å². The average Bonchev–Trinajstić information content (AvgIpc) is 3.09. The van der Waals surface area contributed by atoms with Crippen molar-refractivity contribution in [2.75, 3.05) is 38.6 Å². The van der Waals surface area contributed by atoms with E-state index in [1.54, 1.807) is 23.4 Å². The lowest BCUT2D eigenvalue weighted by molar-refractivity contribution is -0.171. The van der Waals surface area contributed by atoms with Crippen LogP contribution < -0.4 is 11.1 Å². The summed E-state index contributed by atoms with van der Waals surface area (Å²) in [5.74, 6) is 1.68. The number of carbonyl (C=O) groups excluding carboxylic acids is 2. The second kappa shape index (κ2) is 7.38. The maximum absolute atomic E-state index is 12.2. The van der Waals surface area contributed by atoms with Crippen LogP contribution in [0.1, 0.15) is 18.9 Å². The molecule has 1 aromatic heterocycles. The number of nitrogen functional groups attached to an aromatic ring is 1. The fourth-order valence-corrected chi connectivity index (χ4v) is 3.98. The highest BCUT2D eigenvalue weighted by atomic mass is 16.6. The molecule has 2 amide bonds. The van der Waals surface area contributed by atoms with E-state index in [-0.39, 0.29) is 17.9 Å². The molecule has 2 unspecified atom stereocenters. The zero-order valence-electron chi connectivity index (χ0n) is 15.8. The molecule has 1 aliphatic carbocycles. The van der Waals surface area contributed by atoms with Gasteiger partial charge in [-0.3, -0.25) is 4.79 Å². The molecule has 28 heavy (non-hydrogen) atoms. The zero-order valence-corrected chi connectivity index (χ0v) is 15.8. The Morgan fingerprint density at radius 2 is 2.04 bits per heavy atom. The predicted molar refractivity (Wildman–Crippen MR) is 101 cm³/mol. The van der Waals surface area contributed by atoms with Gasteiger partial charge in [-0.25, -0.2) is 14.8 Å². The number of piperidine rings is 1. The maximum Gasteiger partial charge on any atom is 0.410 e. The Hall–Kier alpha value is -2.68. The van der Waals surface area contributed by atoms with E-state index in [4.69, 9.17) is 15.2 Å². The highest BCUT2D eigenvalue weighted by molar-refractivity contribution is 5.91. The van der Waals surface area contributed by atoms with Gasteiger partial charge in [-0.1, -0.05) is 0 Å². The van der Waals surface area contributed by atoms with Crippen molar-refractivity contribution in [2.24, 2.45) is 17.8 Å². The van der Waals surface area contributed by atoms with Crippen molar-refractivity contribution in [3.8, 4) is 0 Å². The summed E-state index contributed by atoms with van der Waals surface area (Å²) in [6, 6.07) is 0. The number of aromatic nitrogens is 2. The van der Waals surface area contributed by atoms with Crippen molar-refractivity contribution in [1.29, 1.82) is 0 Å². The molecule has 4 rings (SSSR count). The van der Waals surface area contributed by atoms with Crippen molar-refractivity contribution < 1.29 is 19.1 Å². The van der Waals surface area contributed by atoms with Crippen molar-refractivity contribution in [2.45, 2.75) is 18.9 Å². The first kappa shape index (κ1) is 18.7. The molecule has 9 heteroatoms. The molecular weight excluding hydrogens is 362 g/mol. The fourth-order valence-electron chi connectivity index (χ4n) is 3.98. The number of carbonyl (C=O) groups is 2. The van der Waals surface area contributed by atoms with Gasteiger partial charge >= 0.3 is 6.09 Å². The summed E-state index contributed by atoms with van der Waals surface area (Å²) in [7, 11) is 0. The molecule has 0 radical (unpaired) electrons. The number of hydrogen-bond donors (Lipinski definition) is 2. The average molecular weight is 387 g/mol. The van der Waals surface area contributed by atoms with Gasteiger partial charge < -0.3 is 25.4 Å². The summed E-state index contributed by atoms with van der Waals surface area (Å²) in [6.45, 7) is 4.96. The Morgan fingerprint density at radius 1 is 1.36 bits per heavy atom. The Kier molecular flexibility index (Phi) is 4.92. The van der Waals surface area contributed by atoms with Crippen LogP contribution in [0.15, 0.2) is 18.5 Å². The van der Waals surface area contributed by atoms with Gasteiger partial charge in [0.15, 0.2) is 5.60 Å². The van der Waals surface area contributed by atoms with Crippen molar-refractivity contribution in [1.82, 2.24) is 20.2 Å². The van der Waals surface area contributed by atoms with E-state index in [9.17, 15) is 9.59 Å². The first-order valence-electron chi connectivity index (χ1n) is 9.53. The summed E-state index contributed by atoms with van der Waals surface area (Å²) < 4.78 is 10.6. The minimum absolute atomic E-state index is 0.149. The molecule has 3 N–H and O–H groups in total. The molecule has 0 bridgehead atoms. The van der Waals surface area contributed by atoms with Gasteiger partial charge in [0, 0.05) is 43.7 Å². The van der Waals surface area contributed by atoms with E-state index in [0.717, 1.165) is 25.1 Å². The lowest BCUT2D eigenvalue weighted by Gasteiger charge is -2.38. The number of nitrogens with two attached hydrogens (primary N) is 1.